The standard InChI is InChI=1S/C15H15N5O2/c1-10-7-14-16-8-11(9-20(14)19-10)17-15(21)18-12-5-3-4-6-13(12)22-2/h3-9H,1-2H3,(H2,17,18,21). The number of nitrogens with one attached hydrogen (secondary N) is 2. The van der Waals surface area contributed by atoms with E-state index in [1.54, 1.807) is 36.2 Å². The van der Waals surface area contributed by atoms with Crippen LogP contribution in [0.1, 0.15) is 5.69 Å². The highest BCUT2D eigenvalue weighted by Gasteiger charge is 2.08. The van der Waals surface area contributed by atoms with Gasteiger partial charge in [-0.3, -0.25) is 0 Å². The van der Waals surface area contributed by atoms with Gasteiger partial charge in [-0.2, -0.15) is 5.10 Å². The maximum Gasteiger partial charge on any atom is 0.323 e. The summed E-state index contributed by atoms with van der Waals surface area (Å²) in [6.07, 6.45) is 3.29. The van der Waals surface area contributed by atoms with Crippen LogP contribution in [-0.4, -0.2) is 27.7 Å². The van der Waals surface area contributed by atoms with Gasteiger partial charge in [-0.15, -0.1) is 0 Å². The molecule has 22 heavy (non-hydrogen) atoms. The Kier molecular flexibility index (Phi) is 3.61. The predicted molar refractivity (Wildman–Crippen MR) is 83.4 cm³/mol. The van der Waals surface area contributed by atoms with Crippen LogP contribution < -0.4 is 15.4 Å². The molecule has 0 radical (unpaired) electrons. The van der Waals surface area contributed by atoms with Gasteiger partial charge >= 0.3 is 6.03 Å². The Labute approximate surface area is 126 Å². The molecule has 7 heteroatoms. The van der Waals surface area contributed by atoms with Crippen molar-refractivity contribution in [2.75, 3.05) is 17.7 Å². The molecule has 0 saturated carbocycles. The van der Waals surface area contributed by atoms with Gasteiger partial charge in [-0.05, 0) is 19.1 Å². The van der Waals surface area contributed by atoms with E-state index in [0.717, 1.165) is 11.3 Å². The summed E-state index contributed by atoms with van der Waals surface area (Å²) in [6, 6.07) is 8.66. The summed E-state index contributed by atoms with van der Waals surface area (Å²) in [4.78, 5) is 16.3. The maximum absolute atomic E-state index is 12.1. The van der Waals surface area contributed by atoms with E-state index in [0.29, 0.717) is 17.1 Å². The molecule has 0 aliphatic heterocycles. The summed E-state index contributed by atoms with van der Waals surface area (Å²) in [5, 5.41) is 9.70. The smallest absolute Gasteiger partial charge is 0.323 e. The molecule has 2 amide bonds. The average molecular weight is 297 g/mol. The predicted octanol–water partition coefficient (Wildman–Crippen LogP) is 2.69. The normalized spacial score (nSPS) is 10.5. The minimum absolute atomic E-state index is 0.380. The van der Waals surface area contributed by atoms with Crippen molar-refractivity contribution in [2.45, 2.75) is 6.92 Å². The number of hydrogen-bond donors (Lipinski definition) is 2. The second-order valence-electron chi connectivity index (χ2n) is 4.71. The Bertz CT molecular complexity index is 828. The van der Waals surface area contributed by atoms with Gasteiger partial charge in [0.1, 0.15) is 5.75 Å². The van der Waals surface area contributed by atoms with Crippen LogP contribution in [-0.2, 0) is 0 Å². The number of fused-ring (bicyclic) bond motifs is 1. The van der Waals surface area contributed by atoms with E-state index in [1.165, 1.54) is 0 Å². The van der Waals surface area contributed by atoms with Crippen LogP contribution in [0.3, 0.4) is 0 Å². The number of amides is 2. The quantitative estimate of drug-likeness (QED) is 0.779. The summed E-state index contributed by atoms with van der Waals surface area (Å²) in [6.45, 7) is 1.89. The first-order valence-corrected chi connectivity index (χ1v) is 6.69. The second-order valence-corrected chi connectivity index (χ2v) is 4.71. The highest BCUT2D eigenvalue weighted by Crippen LogP contribution is 2.23. The lowest BCUT2D eigenvalue weighted by molar-refractivity contribution is 0.262. The molecule has 0 spiro atoms. The molecular formula is C15H15N5O2. The number of methoxy groups -OCH3 is 1. The monoisotopic (exact) mass is 297 g/mol. The van der Waals surface area contributed by atoms with E-state index in [1.807, 2.05) is 25.1 Å². The summed E-state index contributed by atoms with van der Waals surface area (Å²) < 4.78 is 6.81. The van der Waals surface area contributed by atoms with Crippen molar-refractivity contribution < 1.29 is 9.53 Å². The zero-order valence-corrected chi connectivity index (χ0v) is 12.2. The van der Waals surface area contributed by atoms with Crippen LogP contribution in [0.25, 0.3) is 5.65 Å². The van der Waals surface area contributed by atoms with Crippen molar-refractivity contribution >= 4 is 23.1 Å². The molecule has 0 saturated heterocycles. The largest absolute Gasteiger partial charge is 0.495 e. The lowest BCUT2D eigenvalue weighted by Crippen LogP contribution is -2.20. The number of nitrogens with zero attached hydrogens (tertiary/aromatic N) is 3. The van der Waals surface area contributed by atoms with Gasteiger partial charge in [0.15, 0.2) is 5.65 Å². The summed E-state index contributed by atoms with van der Waals surface area (Å²) >= 11 is 0. The Morgan fingerprint density at radius 1 is 1.27 bits per heavy atom. The number of para-hydroxylation sites is 2. The molecule has 1 aromatic carbocycles. The lowest BCUT2D eigenvalue weighted by atomic mass is 10.3. The topological polar surface area (TPSA) is 80.5 Å². The number of anilines is 2. The third-order valence-corrected chi connectivity index (χ3v) is 3.05. The van der Waals surface area contributed by atoms with E-state index in [2.05, 4.69) is 20.7 Å². The molecule has 7 nitrogen and oxygen atoms in total. The number of benzene rings is 1. The van der Waals surface area contributed by atoms with Crippen molar-refractivity contribution in [3.05, 3.63) is 48.4 Å². The number of carbonyl (C=O) groups is 1. The molecule has 0 aliphatic carbocycles. The van der Waals surface area contributed by atoms with Gasteiger partial charge in [0.05, 0.1) is 36.6 Å². The molecule has 2 N–H and O–H groups in total. The highest BCUT2D eigenvalue weighted by atomic mass is 16.5. The van der Waals surface area contributed by atoms with E-state index >= 15 is 0 Å². The molecule has 0 aliphatic rings. The minimum Gasteiger partial charge on any atom is -0.495 e. The first kappa shape index (κ1) is 13.9. The highest BCUT2D eigenvalue weighted by molar-refractivity contribution is 6.00. The number of hydrogen-bond acceptors (Lipinski definition) is 4. The average Bonchev–Trinajstić information content (AvgIpc) is 2.87. The van der Waals surface area contributed by atoms with Crippen molar-refractivity contribution in [3.8, 4) is 5.75 Å². The van der Waals surface area contributed by atoms with Crippen LogP contribution in [0.15, 0.2) is 42.7 Å². The minimum atomic E-state index is -0.380. The SMILES string of the molecule is COc1ccccc1NC(=O)Nc1cnc2cc(C)nn2c1. The number of aryl methyl sites for hydroxylation is 1. The van der Waals surface area contributed by atoms with Gasteiger partial charge in [-0.25, -0.2) is 14.3 Å². The van der Waals surface area contributed by atoms with E-state index in [9.17, 15) is 4.79 Å². The molecule has 0 bridgehead atoms. The Balaban J connectivity index is 1.75. The van der Waals surface area contributed by atoms with Crippen molar-refractivity contribution in [1.29, 1.82) is 0 Å². The zero-order chi connectivity index (χ0) is 15.5. The number of carbonyl (C=O) groups excluding carboxylic acids is 1. The molecule has 0 atom stereocenters. The Hall–Kier alpha value is -3.09. The molecule has 2 aromatic heterocycles. The molecular weight excluding hydrogens is 282 g/mol. The van der Waals surface area contributed by atoms with Crippen LogP contribution in [0.5, 0.6) is 5.75 Å². The number of rotatable bonds is 3. The van der Waals surface area contributed by atoms with Crippen molar-refractivity contribution in [3.63, 3.8) is 0 Å². The fraction of sp³-hybridized carbons (Fsp3) is 0.133. The maximum atomic E-state index is 12.1. The van der Waals surface area contributed by atoms with E-state index in [4.69, 9.17) is 4.74 Å². The summed E-state index contributed by atoms with van der Waals surface area (Å²) in [7, 11) is 1.55. The number of urea groups is 1. The van der Waals surface area contributed by atoms with Gasteiger partial charge < -0.3 is 15.4 Å². The fourth-order valence-corrected chi connectivity index (χ4v) is 2.09. The molecule has 0 unspecified atom stereocenters. The summed E-state index contributed by atoms with van der Waals surface area (Å²) in [5.74, 6) is 0.592. The molecule has 112 valence electrons. The van der Waals surface area contributed by atoms with Gasteiger partial charge in [0.2, 0.25) is 0 Å². The molecule has 0 fully saturated rings. The van der Waals surface area contributed by atoms with E-state index < -0.39 is 0 Å². The lowest BCUT2D eigenvalue weighted by Gasteiger charge is -2.10. The van der Waals surface area contributed by atoms with Gasteiger partial charge in [-0.1, -0.05) is 12.1 Å². The third-order valence-electron chi connectivity index (χ3n) is 3.05. The second kappa shape index (κ2) is 5.72. The first-order valence-electron chi connectivity index (χ1n) is 6.69. The van der Waals surface area contributed by atoms with Crippen molar-refractivity contribution in [1.82, 2.24) is 14.6 Å². The zero-order valence-electron chi connectivity index (χ0n) is 12.2. The third kappa shape index (κ3) is 2.83. The summed E-state index contributed by atoms with van der Waals surface area (Å²) in [5.41, 5.74) is 2.73. The number of ether oxygens (including phenoxy) is 1. The fourth-order valence-electron chi connectivity index (χ4n) is 2.09. The van der Waals surface area contributed by atoms with Crippen molar-refractivity contribution in [2.24, 2.45) is 0 Å². The molecule has 3 aromatic rings. The Morgan fingerprint density at radius 2 is 2.09 bits per heavy atom. The van der Waals surface area contributed by atoms with Crippen LogP contribution in [0.2, 0.25) is 0 Å². The van der Waals surface area contributed by atoms with Crippen LogP contribution >= 0.6 is 0 Å². The van der Waals surface area contributed by atoms with Gasteiger partial charge in [0.25, 0.3) is 0 Å². The van der Waals surface area contributed by atoms with E-state index in [-0.39, 0.29) is 6.03 Å². The first-order chi connectivity index (χ1) is 10.7. The number of aromatic nitrogens is 3. The molecule has 3 rings (SSSR count). The van der Waals surface area contributed by atoms with Crippen LogP contribution in [0, 0.1) is 6.92 Å². The van der Waals surface area contributed by atoms with Gasteiger partial charge in [0, 0.05) is 6.07 Å². The Morgan fingerprint density at radius 3 is 2.91 bits per heavy atom. The van der Waals surface area contributed by atoms with Crippen LogP contribution in [0.4, 0.5) is 16.2 Å². The molecule has 2 heterocycles.